The summed E-state index contributed by atoms with van der Waals surface area (Å²) in [4.78, 5) is 4.16. The lowest BCUT2D eigenvalue weighted by Crippen LogP contribution is -1.99. The van der Waals surface area contributed by atoms with E-state index in [0.29, 0.717) is 5.16 Å². The van der Waals surface area contributed by atoms with E-state index >= 15 is 0 Å². The van der Waals surface area contributed by atoms with Gasteiger partial charge in [0, 0.05) is 14.1 Å². The molecule has 0 fully saturated rings. The summed E-state index contributed by atoms with van der Waals surface area (Å²) in [6.07, 6.45) is 1.63. The second-order valence-corrected chi connectivity index (χ2v) is 3.87. The number of imidazole rings is 1. The maximum atomic E-state index is 9.00. The monoisotopic (exact) mass is 226 g/mol. The molecule has 7 nitrogen and oxygen atoms in total. The Labute approximate surface area is 90.1 Å². The molecule has 2 rings (SSSR count). The van der Waals surface area contributed by atoms with Crippen molar-refractivity contribution in [3.05, 3.63) is 11.9 Å². The predicted molar refractivity (Wildman–Crippen MR) is 52.1 cm³/mol. The van der Waals surface area contributed by atoms with E-state index in [9.17, 15) is 0 Å². The van der Waals surface area contributed by atoms with Gasteiger partial charge in [-0.15, -0.1) is 5.10 Å². The van der Waals surface area contributed by atoms with Crippen LogP contribution in [0.5, 0.6) is 0 Å². The van der Waals surface area contributed by atoms with Crippen molar-refractivity contribution >= 4 is 11.8 Å². The first-order chi connectivity index (χ1) is 7.22. The van der Waals surface area contributed by atoms with Crippen molar-refractivity contribution in [3.63, 3.8) is 0 Å². The highest BCUT2D eigenvalue weighted by Gasteiger charge is 2.11. The zero-order valence-electron chi connectivity index (χ0n) is 8.32. The molecule has 0 aliphatic heterocycles. The van der Waals surface area contributed by atoms with Crippen LogP contribution < -0.4 is 0 Å². The minimum Gasteiger partial charge on any atom is -0.390 e. The number of hydrogen-bond acceptors (Lipinski definition) is 6. The number of aromatic nitrogens is 6. The Morgan fingerprint density at radius 3 is 2.73 bits per heavy atom. The zero-order chi connectivity index (χ0) is 10.8. The van der Waals surface area contributed by atoms with Gasteiger partial charge >= 0.3 is 0 Å². The Kier molecular flexibility index (Phi) is 2.69. The smallest absolute Gasteiger partial charge is 0.216 e. The molecule has 0 spiro atoms. The Balaban J connectivity index is 2.25. The molecule has 8 heteroatoms. The van der Waals surface area contributed by atoms with Gasteiger partial charge in [0.1, 0.15) is 0 Å². The maximum Gasteiger partial charge on any atom is 0.216 e. The van der Waals surface area contributed by atoms with Crippen LogP contribution in [-0.2, 0) is 20.7 Å². The van der Waals surface area contributed by atoms with Crippen molar-refractivity contribution in [2.75, 3.05) is 0 Å². The summed E-state index contributed by atoms with van der Waals surface area (Å²) < 4.78 is 3.37. The molecule has 0 atom stereocenters. The van der Waals surface area contributed by atoms with E-state index in [2.05, 4.69) is 20.5 Å². The molecule has 2 aromatic heterocycles. The number of rotatable bonds is 3. The molecule has 2 heterocycles. The van der Waals surface area contributed by atoms with Crippen molar-refractivity contribution in [3.8, 4) is 0 Å². The van der Waals surface area contributed by atoms with Crippen LogP contribution in [0.25, 0.3) is 0 Å². The summed E-state index contributed by atoms with van der Waals surface area (Å²) in [6.45, 7) is -0.0267. The normalized spacial score (nSPS) is 10.9. The van der Waals surface area contributed by atoms with Crippen molar-refractivity contribution in [2.45, 2.75) is 16.9 Å². The molecule has 0 aliphatic carbocycles. The van der Waals surface area contributed by atoms with Crippen molar-refractivity contribution < 1.29 is 5.11 Å². The van der Waals surface area contributed by atoms with Crippen LogP contribution in [-0.4, -0.2) is 34.9 Å². The number of hydrogen-bond donors (Lipinski definition) is 1. The molecule has 0 radical (unpaired) electrons. The van der Waals surface area contributed by atoms with Gasteiger partial charge in [-0.3, -0.25) is 0 Å². The van der Waals surface area contributed by atoms with E-state index < -0.39 is 0 Å². The summed E-state index contributed by atoms with van der Waals surface area (Å²) in [5.74, 6) is 0. The van der Waals surface area contributed by atoms with Crippen LogP contribution in [0.2, 0.25) is 0 Å². The van der Waals surface area contributed by atoms with E-state index in [1.54, 1.807) is 22.5 Å². The molecule has 15 heavy (non-hydrogen) atoms. The van der Waals surface area contributed by atoms with Crippen LogP contribution in [0.3, 0.4) is 0 Å². The third kappa shape index (κ3) is 1.85. The molecule has 0 amide bonds. The molecule has 80 valence electrons. The Morgan fingerprint density at radius 1 is 1.40 bits per heavy atom. The standard InChI is InChI=1S/C7H10N6OS/c1-12-5(4-14)3-8-6(12)15-7-9-10-11-13(7)2/h3,14H,4H2,1-2H3. The lowest BCUT2D eigenvalue weighted by Gasteiger charge is -2.01. The molecule has 0 unspecified atom stereocenters. The topological polar surface area (TPSA) is 81.7 Å². The van der Waals surface area contributed by atoms with Gasteiger partial charge in [-0.25, -0.2) is 9.67 Å². The average Bonchev–Trinajstić information content (AvgIpc) is 2.77. The molecule has 2 aromatic rings. The van der Waals surface area contributed by atoms with E-state index in [4.69, 9.17) is 5.11 Å². The third-order valence-corrected chi connectivity index (χ3v) is 3.06. The fraction of sp³-hybridized carbons (Fsp3) is 0.429. The van der Waals surface area contributed by atoms with Crippen molar-refractivity contribution in [2.24, 2.45) is 14.1 Å². The zero-order valence-corrected chi connectivity index (χ0v) is 9.14. The fourth-order valence-corrected chi connectivity index (χ4v) is 1.83. The molecule has 0 saturated carbocycles. The van der Waals surface area contributed by atoms with Gasteiger partial charge in [-0.05, 0) is 22.2 Å². The number of aliphatic hydroxyl groups is 1. The lowest BCUT2D eigenvalue weighted by molar-refractivity contribution is 0.271. The van der Waals surface area contributed by atoms with Crippen LogP contribution in [0.4, 0.5) is 0 Å². The van der Waals surface area contributed by atoms with Crippen LogP contribution in [0, 0.1) is 0 Å². The minimum absolute atomic E-state index is 0.0267. The molecular weight excluding hydrogens is 216 g/mol. The summed E-state index contributed by atoms with van der Waals surface area (Å²) in [5.41, 5.74) is 0.757. The number of aryl methyl sites for hydroxylation is 1. The summed E-state index contributed by atoms with van der Waals surface area (Å²) in [6, 6.07) is 0. The van der Waals surface area contributed by atoms with Crippen molar-refractivity contribution in [1.82, 2.24) is 29.8 Å². The van der Waals surface area contributed by atoms with Crippen LogP contribution in [0.1, 0.15) is 5.69 Å². The van der Waals surface area contributed by atoms with Gasteiger partial charge in [-0.2, -0.15) is 0 Å². The highest BCUT2D eigenvalue weighted by Crippen LogP contribution is 2.23. The van der Waals surface area contributed by atoms with Gasteiger partial charge in [0.2, 0.25) is 5.16 Å². The Bertz CT molecular complexity index is 464. The Morgan fingerprint density at radius 2 is 2.20 bits per heavy atom. The number of tetrazole rings is 1. The van der Waals surface area contributed by atoms with Gasteiger partial charge in [-0.1, -0.05) is 0 Å². The molecule has 0 saturated heterocycles. The minimum atomic E-state index is -0.0267. The highest BCUT2D eigenvalue weighted by atomic mass is 32.2. The van der Waals surface area contributed by atoms with Gasteiger partial charge in [0.25, 0.3) is 0 Å². The molecule has 0 aliphatic rings. The quantitative estimate of drug-likeness (QED) is 0.766. The second-order valence-electron chi connectivity index (χ2n) is 2.94. The van der Waals surface area contributed by atoms with Gasteiger partial charge in [0.15, 0.2) is 5.16 Å². The van der Waals surface area contributed by atoms with E-state index in [-0.39, 0.29) is 6.61 Å². The van der Waals surface area contributed by atoms with Crippen LogP contribution >= 0.6 is 11.8 Å². The summed E-state index contributed by atoms with van der Waals surface area (Å²) >= 11 is 1.35. The SMILES string of the molecule is Cn1nnnc1Sc1ncc(CO)n1C. The lowest BCUT2D eigenvalue weighted by atomic mass is 10.5. The largest absolute Gasteiger partial charge is 0.390 e. The number of aliphatic hydroxyl groups excluding tert-OH is 1. The first kappa shape index (κ1) is 10.1. The Hall–Kier alpha value is -1.41. The third-order valence-electron chi connectivity index (χ3n) is 1.97. The number of nitrogens with zero attached hydrogens (tertiary/aromatic N) is 6. The van der Waals surface area contributed by atoms with Crippen LogP contribution in [0.15, 0.2) is 16.5 Å². The second kappa shape index (κ2) is 3.99. The first-order valence-electron chi connectivity index (χ1n) is 4.24. The van der Waals surface area contributed by atoms with Gasteiger partial charge in [0.05, 0.1) is 18.5 Å². The molecule has 0 aromatic carbocycles. The summed E-state index contributed by atoms with van der Waals surface area (Å²) in [5, 5.41) is 21.5. The fourth-order valence-electron chi connectivity index (χ4n) is 1.06. The first-order valence-corrected chi connectivity index (χ1v) is 5.05. The summed E-state index contributed by atoms with van der Waals surface area (Å²) in [7, 11) is 3.60. The molecular formula is C7H10N6OS. The maximum absolute atomic E-state index is 9.00. The average molecular weight is 226 g/mol. The highest BCUT2D eigenvalue weighted by molar-refractivity contribution is 7.99. The predicted octanol–water partition coefficient (Wildman–Crippen LogP) is -0.413. The van der Waals surface area contributed by atoms with E-state index in [1.165, 1.54) is 11.8 Å². The van der Waals surface area contributed by atoms with E-state index in [1.807, 2.05) is 7.05 Å². The van der Waals surface area contributed by atoms with Crippen molar-refractivity contribution in [1.29, 1.82) is 0 Å². The molecule has 1 N–H and O–H groups in total. The molecule has 0 bridgehead atoms. The van der Waals surface area contributed by atoms with Gasteiger partial charge < -0.3 is 9.67 Å². The van der Waals surface area contributed by atoms with E-state index in [0.717, 1.165) is 10.9 Å².